The van der Waals surface area contributed by atoms with E-state index in [-0.39, 0.29) is 0 Å². The molecule has 0 unspecified atom stereocenters. The van der Waals surface area contributed by atoms with E-state index in [0.717, 1.165) is 23.5 Å². The number of nitrogens with zero attached hydrogens (tertiary/aromatic N) is 2. The number of hydrogen-bond donors (Lipinski definition) is 1. The molecule has 0 radical (unpaired) electrons. The molecule has 5 heteroatoms. The first-order valence-corrected chi connectivity index (χ1v) is 5.56. The summed E-state index contributed by atoms with van der Waals surface area (Å²) in [5.74, 6) is -0.0313. The van der Waals surface area contributed by atoms with E-state index in [0.29, 0.717) is 19.1 Å². The Balaban J connectivity index is 1.97. The molecule has 18 heavy (non-hydrogen) atoms. The molecular weight excluding hydrogens is 233 g/mol. The molecule has 4 nitrogen and oxygen atoms in total. The van der Waals surface area contributed by atoms with Gasteiger partial charge in [-0.1, -0.05) is 24.3 Å². The molecule has 1 aromatic carbocycles. The quantitative estimate of drug-likeness (QED) is 0.881. The highest BCUT2D eigenvalue weighted by Gasteiger charge is 1.99. The standard InChI is InChI=1S/C13H14FN3O/c1-18-9-11-4-2-3-10(5-11)6-15-13-16-7-12(14)8-17-13/h2-5,7-8H,6,9H2,1H3,(H,15,16,17). The second-order valence-electron chi connectivity index (χ2n) is 3.83. The number of nitrogens with one attached hydrogen (secondary N) is 1. The summed E-state index contributed by atoms with van der Waals surface area (Å²) in [4.78, 5) is 7.66. The van der Waals surface area contributed by atoms with Crippen LogP contribution in [0.25, 0.3) is 0 Å². The minimum atomic E-state index is -0.442. The molecule has 0 spiro atoms. The molecule has 0 aliphatic carbocycles. The normalized spacial score (nSPS) is 10.3. The Hall–Kier alpha value is -2.01. The van der Waals surface area contributed by atoms with E-state index in [9.17, 15) is 4.39 Å². The van der Waals surface area contributed by atoms with Crippen molar-refractivity contribution >= 4 is 5.95 Å². The second-order valence-corrected chi connectivity index (χ2v) is 3.83. The van der Waals surface area contributed by atoms with E-state index >= 15 is 0 Å². The Morgan fingerprint density at radius 1 is 1.22 bits per heavy atom. The van der Waals surface area contributed by atoms with Crippen molar-refractivity contribution in [2.24, 2.45) is 0 Å². The number of methoxy groups -OCH3 is 1. The fourth-order valence-electron chi connectivity index (χ4n) is 1.58. The predicted molar refractivity (Wildman–Crippen MR) is 66.5 cm³/mol. The van der Waals surface area contributed by atoms with Crippen LogP contribution >= 0.6 is 0 Å². The van der Waals surface area contributed by atoms with Gasteiger partial charge in [0.15, 0.2) is 5.82 Å². The Bertz CT molecular complexity index is 502. The molecule has 0 atom stereocenters. The monoisotopic (exact) mass is 247 g/mol. The Morgan fingerprint density at radius 2 is 1.94 bits per heavy atom. The van der Waals surface area contributed by atoms with Crippen LogP contribution in [-0.4, -0.2) is 17.1 Å². The van der Waals surface area contributed by atoms with Gasteiger partial charge in [0.05, 0.1) is 19.0 Å². The fourth-order valence-corrected chi connectivity index (χ4v) is 1.58. The molecule has 0 fully saturated rings. The maximum atomic E-state index is 12.6. The summed E-state index contributed by atoms with van der Waals surface area (Å²) >= 11 is 0. The highest BCUT2D eigenvalue weighted by atomic mass is 19.1. The molecule has 0 bridgehead atoms. The minimum absolute atomic E-state index is 0.411. The molecule has 0 saturated carbocycles. The van der Waals surface area contributed by atoms with E-state index in [2.05, 4.69) is 15.3 Å². The summed E-state index contributed by atoms with van der Waals surface area (Å²) in [6.07, 6.45) is 2.27. The fraction of sp³-hybridized carbons (Fsp3) is 0.231. The maximum Gasteiger partial charge on any atom is 0.223 e. The highest BCUT2D eigenvalue weighted by molar-refractivity contribution is 5.29. The number of rotatable bonds is 5. The number of halogens is 1. The average molecular weight is 247 g/mol. The smallest absolute Gasteiger partial charge is 0.223 e. The number of benzene rings is 1. The van der Waals surface area contributed by atoms with Crippen LogP contribution in [0.15, 0.2) is 36.7 Å². The number of anilines is 1. The number of hydrogen-bond acceptors (Lipinski definition) is 4. The molecule has 1 heterocycles. The lowest BCUT2D eigenvalue weighted by Crippen LogP contribution is -2.04. The first-order valence-electron chi connectivity index (χ1n) is 5.56. The van der Waals surface area contributed by atoms with E-state index in [4.69, 9.17) is 4.74 Å². The van der Waals surface area contributed by atoms with Gasteiger partial charge in [-0.25, -0.2) is 14.4 Å². The third kappa shape index (κ3) is 3.49. The van der Waals surface area contributed by atoms with Gasteiger partial charge in [-0.2, -0.15) is 0 Å². The van der Waals surface area contributed by atoms with Crippen molar-refractivity contribution in [2.75, 3.05) is 12.4 Å². The van der Waals surface area contributed by atoms with Crippen molar-refractivity contribution < 1.29 is 9.13 Å². The zero-order valence-corrected chi connectivity index (χ0v) is 10.1. The summed E-state index contributed by atoms with van der Waals surface area (Å²) < 4.78 is 17.7. The lowest BCUT2D eigenvalue weighted by atomic mass is 10.1. The zero-order valence-electron chi connectivity index (χ0n) is 10.1. The van der Waals surface area contributed by atoms with Gasteiger partial charge < -0.3 is 10.1 Å². The molecule has 0 amide bonds. The SMILES string of the molecule is COCc1cccc(CNc2ncc(F)cn2)c1. The Labute approximate surface area is 105 Å². The largest absolute Gasteiger partial charge is 0.380 e. The van der Waals surface area contributed by atoms with E-state index in [1.807, 2.05) is 24.3 Å². The summed E-state index contributed by atoms with van der Waals surface area (Å²) in [6.45, 7) is 1.17. The second kappa shape index (κ2) is 6.07. The van der Waals surface area contributed by atoms with Crippen molar-refractivity contribution in [1.29, 1.82) is 0 Å². The molecule has 0 aliphatic rings. The van der Waals surface area contributed by atoms with Crippen LogP contribution < -0.4 is 5.32 Å². The predicted octanol–water partition coefficient (Wildman–Crippen LogP) is 2.37. The van der Waals surface area contributed by atoms with Crippen LogP contribution in [0.5, 0.6) is 0 Å². The van der Waals surface area contributed by atoms with Gasteiger partial charge in [-0.3, -0.25) is 0 Å². The topological polar surface area (TPSA) is 47.0 Å². The number of ether oxygens (including phenoxy) is 1. The molecule has 0 aliphatic heterocycles. The zero-order chi connectivity index (χ0) is 12.8. The molecule has 2 rings (SSSR count). The summed E-state index contributed by atoms with van der Waals surface area (Å²) in [5.41, 5.74) is 2.20. The van der Waals surface area contributed by atoms with Crippen molar-refractivity contribution in [3.8, 4) is 0 Å². The average Bonchev–Trinajstić information content (AvgIpc) is 2.39. The third-order valence-corrected chi connectivity index (χ3v) is 2.37. The van der Waals surface area contributed by atoms with E-state index in [1.54, 1.807) is 7.11 Å². The van der Waals surface area contributed by atoms with Crippen molar-refractivity contribution in [2.45, 2.75) is 13.2 Å². The van der Waals surface area contributed by atoms with Gasteiger partial charge in [0.2, 0.25) is 5.95 Å². The lowest BCUT2D eigenvalue weighted by molar-refractivity contribution is 0.185. The molecule has 1 aromatic heterocycles. The van der Waals surface area contributed by atoms with Crippen molar-refractivity contribution in [1.82, 2.24) is 9.97 Å². The van der Waals surface area contributed by atoms with Gasteiger partial charge in [-0.15, -0.1) is 0 Å². The van der Waals surface area contributed by atoms with E-state index < -0.39 is 5.82 Å². The molecule has 94 valence electrons. The van der Waals surface area contributed by atoms with Crippen LogP contribution in [0.1, 0.15) is 11.1 Å². The first kappa shape index (κ1) is 12.4. The van der Waals surface area contributed by atoms with Gasteiger partial charge >= 0.3 is 0 Å². The molecule has 1 N–H and O–H groups in total. The lowest BCUT2D eigenvalue weighted by Gasteiger charge is -2.06. The van der Waals surface area contributed by atoms with Gasteiger partial charge in [0.25, 0.3) is 0 Å². The summed E-state index contributed by atoms with van der Waals surface area (Å²) in [7, 11) is 1.66. The minimum Gasteiger partial charge on any atom is -0.380 e. The summed E-state index contributed by atoms with van der Waals surface area (Å²) in [6, 6.07) is 8.01. The van der Waals surface area contributed by atoms with Crippen LogP contribution in [-0.2, 0) is 17.9 Å². The first-order chi connectivity index (χ1) is 8.78. The van der Waals surface area contributed by atoms with Crippen LogP contribution in [0.3, 0.4) is 0 Å². The van der Waals surface area contributed by atoms with Crippen molar-refractivity contribution in [3.05, 3.63) is 53.6 Å². The van der Waals surface area contributed by atoms with Crippen LogP contribution in [0, 0.1) is 5.82 Å². The molecular formula is C13H14FN3O. The maximum absolute atomic E-state index is 12.6. The van der Waals surface area contributed by atoms with Crippen LogP contribution in [0.2, 0.25) is 0 Å². The Morgan fingerprint density at radius 3 is 2.67 bits per heavy atom. The van der Waals surface area contributed by atoms with Crippen LogP contribution in [0.4, 0.5) is 10.3 Å². The van der Waals surface area contributed by atoms with Crippen molar-refractivity contribution in [3.63, 3.8) is 0 Å². The highest BCUT2D eigenvalue weighted by Crippen LogP contribution is 2.08. The van der Waals surface area contributed by atoms with E-state index in [1.165, 1.54) is 0 Å². The number of aromatic nitrogens is 2. The molecule has 0 saturated heterocycles. The van der Waals surface area contributed by atoms with Gasteiger partial charge in [0.1, 0.15) is 0 Å². The Kier molecular flexibility index (Phi) is 4.20. The molecule has 2 aromatic rings. The summed E-state index contributed by atoms with van der Waals surface area (Å²) in [5, 5.41) is 3.03. The third-order valence-electron chi connectivity index (χ3n) is 2.37. The van der Waals surface area contributed by atoms with Gasteiger partial charge in [0, 0.05) is 13.7 Å². The van der Waals surface area contributed by atoms with Gasteiger partial charge in [-0.05, 0) is 11.1 Å².